The van der Waals surface area contributed by atoms with Gasteiger partial charge in [0.1, 0.15) is 11.5 Å². The van der Waals surface area contributed by atoms with Gasteiger partial charge in [-0.25, -0.2) is 0 Å². The highest BCUT2D eigenvalue weighted by atomic mass is 16.5. The van der Waals surface area contributed by atoms with Crippen LogP contribution in [-0.2, 0) is 17.6 Å². The van der Waals surface area contributed by atoms with Gasteiger partial charge in [0.2, 0.25) is 5.91 Å². The number of carbonyl (C=O) groups excluding carboxylic acids is 1. The number of carbonyl (C=O) groups is 1. The largest absolute Gasteiger partial charge is 0.508 e. The third kappa shape index (κ3) is 5.13. The molecule has 2 rings (SSSR count). The zero-order chi connectivity index (χ0) is 15.8. The van der Waals surface area contributed by atoms with E-state index < -0.39 is 0 Å². The Bertz CT molecular complexity index is 591. The summed E-state index contributed by atoms with van der Waals surface area (Å²) in [6.45, 7) is 0.649. The van der Waals surface area contributed by atoms with Gasteiger partial charge in [-0.05, 0) is 48.2 Å². The van der Waals surface area contributed by atoms with Crippen molar-refractivity contribution >= 4 is 5.91 Å². The summed E-state index contributed by atoms with van der Waals surface area (Å²) >= 11 is 0. The Morgan fingerprint density at radius 1 is 1.05 bits per heavy atom. The van der Waals surface area contributed by atoms with Crippen molar-refractivity contribution < 1.29 is 14.6 Å². The molecule has 0 heterocycles. The van der Waals surface area contributed by atoms with E-state index in [2.05, 4.69) is 5.32 Å². The lowest BCUT2D eigenvalue weighted by molar-refractivity contribution is -0.120. The molecular formula is C18H21NO3. The highest BCUT2D eigenvalue weighted by Crippen LogP contribution is 2.12. The van der Waals surface area contributed by atoms with Crippen LogP contribution in [0.25, 0.3) is 0 Å². The maximum absolute atomic E-state index is 11.8. The van der Waals surface area contributed by atoms with Gasteiger partial charge in [-0.3, -0.25) is 4.79 Å². The molecule has 0 aliphatic carbocycles. The molecule has 0 unspecified atom stereocenters. The smallest absolute Gasteiger partial charge is 0.224 e. The van der Waals surface area contributed by atoms with Crippen LogP contribution in [0.5, 0.6) is 11.5 Å². The van der Waals surface area contributed by atoms with Crippen molar-refractivity contribution in [2.75, 3.05) is 13.7 Å². The number of phenolic OH excluding ortho intramolecular Hbond substituents is 1. The Morgan fingerprint density at radius 3 is 2.32 bits per heavy atom. The summed E-state index contributed by atoms with van der Waals surface area (Å²) in [7, 11) is 1.62. The number of hydrogen-bond donors (Lipinski definition) is 2. The standard InChI is InChI=1S/C18H21NO3/c1-22-17-10-6-15(7-11-17)13-18(21)19-12-2-3-14-4-8-16(20)9-5-14/h4-11,20H,2-3,12-13H2,1H3,(H,19,21). The molecule has 4 heteroatoms. The van der Waals surface area contributed by atoms with E-state index in [4.69, 9.17) is 4.74 Å². The van der Waals surface area contributed by atoms with Gasteiger partial charge < -0.3 is 15.2 Å². The number of benzene rings is 2. The maximum atomic E-state index is 11.8. The van der Waals surface area contributed by atoms with Crippen molar-refractivity contribution in [1.82, 2.24) is 5.32 Å². The molecule has 0 saturated carbocycles. The fraction of sp³-hybridized carbons (Fsp3) is 0.278. The van der Waals surface area contributed by atoms with Crippen LogP contribution in [0.15, 0.2) is 48.5 Å². The lowest BCUT2D eigenvalue weighted by Crippen LogP contribution is -2.26. The van der Waals surface area contributed by atoms with E-state index in [0.29, 0.717) is 13.0 Å². The molecule has 0 aromatic heterocycles. The minimum Gasteiger partial charge on any atom is -0.508 e. The van der Waals surface area contributed by atoms with Crippen molar-refractivity contribution in [1.29, 1.82) is 0 Å². The van der Waals surface area contributed by atoms with E-state index >= 15 is 0 Å². The van der Waals surface area contributed by atoms with Gasteiger partial charge in [0.05, 0.1) is 13.5 Å². The number of aromatic hydroxyl groups is 1. The van der Waals surface area contributed by atoms with Gasteiger partial charge in [0.15, 0.2) is 0 Å². The second-order valence-corrected chi connectivity index (χ2v) is 5.14. The second kappa shape index (κ2) is 8.08. The Balaban J connectivity index is 1.67. The Hall–Kier alpha value is -2.49. The molecule has 0 saturated heterocycles. The fourth-order valence-electron chi connectivity index (χ4n) is 2.17. The van der Waals surface area contributed by atoms with Crippen LogP contribution >= 0.6 is 0 Å². The van der Waals surface area contributed by atoms with Crippen LogP contribution in [0, 0.1) is 0 Å². The first-order chi connectivity index (χ1) is 10.7. The highest BCUT2D eigenvalue weighted by molar-refractivity contribution is 5.78. The monoisotopic (exact) mass is 299 g/mol. The summed E-state index contributed by atoms with van der Waals surface area (Å²) in [4.78, 5) is 11.8. The summed E-state index contributed by atoms with van der Waals surface area (Å²) in [5.41, 5.74) is 2.12. The van der Waals surface area contributed by atoms with Crippen molar-refractivity contribution in [3.63, 3.8) is 0 Å². The maximum Gasteiger partial charge on any atom is 0.224 e. The van der Waals surface area contributed by atoms with Crippen LogP contribution in [0.4, 0.5) is 0 Å². The average molecular weight is 299 g/mol. The summed E-state index contributed by atoms with van der Waals surface area (Å²) in [5, 5.41) is 12.1. The van der Waals surface area contributed by atoms with Crippen LogP contribution in [0.3, 0.4) is 0 Å². The molecule has 0 aliphatic heterocycles. The first kappa shape index (κ1) is 15.9. The van der Waals surface area contributed by atoms with E-state index in [1.54, 1.807) is 19.2 Å². The summed E-state index contributed by atoms with van der Waals surface area (Å²) in [6, 6.07) is 14.7. The lowest BCUT2D eigenvalue weighted by atomic mass is 10.1. The molecule has 4 nitrogen and oxygen atoms in total. The molecule has 0 radical (unpaired) electrons. The van der Waals surface area contributed by atoms with Gasteiger partial charge in [-0.2, -0.15) is 0 Å². The van der Waals surface area contributed by atoms with Crippen molar-refractivity contribution in [2.45, 2.75) is 19.3 Å². The van der Waals surface area contributed by atoms with Crippen LogP contribution in [-0.4, -0.2) is 24.7 Å². The van der Waals surface area contributed by atoms with E-state index in [1.165, 1.54) is 0 Å². The average Bonchev–Trinajstić information content (AvgIpc) is 2.54. The number of nitrogens with one attached hydrogen (secondary N) is 1. The number of methoxy groups -OCH3 is 1. The number of aryl methyl sites for hydroxylation is 1. The van der Waals surface area contributed by atoms with Crippen LogP contribution in [0.2, 0.25) is 0 Å². The molecule has 116 valence electrons. The summed E-state index contributed by atoms with van der Waals surface area (Å²) in [6.07, 6.45) is 2.13. The number of rotatable bonds is 7. The molecule has 2 aromatic carbocycles. The molecule has 22 heavy (non-hydrogen) atoms. The predicted molar refractivity (Wildman–Crippen MR) is 86.1 cm³/mol. The van der Waals surface area contributed by atoms with Gasteiger partial charge in [0.25, 0.3) is 0 Å². The topological polar surface area (TPSA) is 58.6 Å². The van der Waals surface area contributed by atoms with E-state index in [1.807, 2.05) is 36.4 Å². The molecule has 2 N–H and O–H groups in total. The molecule has 0 bridgehead atoms. The number of phenols is 1. The highest BCUT2D eigenvalue weighted by Gasteiger charge is 2.03. The normalized spacial score (nSPS) is 10.2. The summed E-state index contributed by atoms with van der Waals surface area (Å²) < 4.78 is 5.09. The van der Waals surface area contributed by atoms with Crippen LogP contribution in [0.1, 0.15) is 17.5 Å². The number of amides is 1. The molecule has 0 atom stereocenters. The van der Waals surface area contributed by atoms with E-state index in [-0.39, 0.29) is 11.7 Å². The zero-order valence-electron chi connectivity index (χ0n) is 12.7. The SMILES string of the molecule is COc1ccc(CC(=O)NCCCc2ccc(O)cc2)cc1. The number of hydrogen-bond acceptors (Lipinski definition) is 3. The van der Waals surface area contributed by atoms with Gasteiger partial charge in [-0.15, -0.1) is 0 Å². The van der Waals surface area contributed by atoms with Crippen molar-refractivity contribution in [2.24, 2.45) is 0 Å². The quantitative estimate of drug-likeness (QED) is 0.773. The molecule has 1 amide bonds. The van der Waals surface area contributed by atoms with Gasteiger partial charge >= 0.3 is 0 Å². The minimum atomic E-state index is 0.0240. The zero-order valence-corrected chi connectivity index (χ0v) is 12.7. The fourth-order valence-corrected chi connectivity index (χ4v) is 2.17. The molecule has 0 spiro atoms. The Labute approximate surface area is 130 Å². The van der Waals surface area contributed by atoms with E-state index in [9.17, 15) is 9.90 Å². The predicted octanol–water partition coefficient (Wildman–Crippen LogP) is 2.69. The Kier molecular flexibility index (Phi) is 5.83. The van der Waals surface area contributed by atoms with Crippen LogP contribution < -0.4 is 10.1 Å². The van der Waals surface area contributed by atoms with Crippen molar-refractivity contribution in [3.05, 3.63) is 59.7 Å². The Morgan fingerprint density at radius 2 is 1.68 bits per heavy atom. The minimum absolute atomic E-state index is 0.0240. The van der Waals surface area contributed by atoms with Crippen molar-refractivity contribution in [3.8, 4) is 11.5 Å². The third-order valence-corrected chi connectivity index (χ3v) is 3.42. The second-order valence-electron chi connectivity index (χ2n) is 5.14. The first-order valence-corrected chi connectivity index (χ1v) is 7.35. The lowest BCUT2D eigenvalue weighted by Gasteiger charge is -2.06. The molecule has 2 aromatic rings. The molecule has 0 aliphatic rings. The third-order valence-electron chi connectivity index (χ3n) is 3.42. The molecular weight excluding hydrogens is 278 g/mol. The van der Waals surface area contributed by atoms with E-state index in [0.717, 1.165) is 29.7 Å². The number of ether oxygens (including phenoxy) is 1. The van der Waals surface area contributed by atoms with Gasteiger partial charge in [0, 0.05) is 6.54 Å². The van der Waals surface area contributed by atoms with Gasteiger partial charge in [-0.1, -0.05) is 24.3 Å². The summed E-state index contributed by atoms with van der Waals surface area (Å²) in [5.74, 6) is 1.09. The molecule has 0 fully saturated rings. The first-order valence-electron chi connectivity index (χ1n) is 7.35.